The molecule has 9 nitrogen and oxygen atoms in total. The van der Waals surface area contributed by atoms with Gasteiger partial charge in [0, 0.05) is 71.6 Å². The smallest absolute Gasteiger partial charge is 0.256 e. The Labute approximate surface area is 256 Å². The number of carbonyl (C=O) groups excluding carboxylic acids is 2. The molecule has 2 aliphatic heterocycles. The quantitative estimate of drug-likeness (QED) is 0.186. The molecule has 0 unspecified atom stereocenters. The predicted octanol–water partition coefficient (Wildman–Crippen LogP) is 6.00. The highest BCUT2D eigenvalue weighted by atomic mass is 35.5. The van der Waals surface area contributed by atoms with Crippen molar-refractivity contribution < 1.29 is 9.59 Å². The number of aryl methyl sites for hydroxylation is 1. The van der Waals surface area contributed by atoms with Gasteiger partial charge in [-0.05, 0) is 67.6 Å². The Morgan fingerprint density at radius 2 is 1.77 bits per heavy atom. The van der Waals surface area contributed by atoms with Crippen LogP contribution < -0.4 is 16.0 Å². The highest BCUT2D eigenvalue weighted by Gasteiger charge is 2.25. The molecule has 10 heteroatoms. The molecule has 3 aromatic carbocycles. The largest absolute Gasteiger partial charge is 0.355 e. The second-order valence-electron chi connectivity index (χ2n) is 10.9. The van der Waals surface area contributed by atoms with Crippen molar-refractivity contribution in [2.24, 2.45) is 0 Å². The van der Waals surface area contributed by atoms with Crippen LogP contribution in [0.15, 0.2) is 67.0 Å². The van der Waals surface area contributed by atoms with E-state index < -0.39 is 0 Å². The van der Waals surface area contributed by atoms with Gasteiger partial charge in [0.05, 0.1) is 23.3 Å². The molecule has 220 valence electrons. The van der Waals surface area contributed by atoms with Crippen LogP contribution in [0.4, 0.5) is 22.7 Å². The van der Waals surface area contributed by atoms with Crippen LogP contribution in [0.3, 0.4) is 0 Å². The van der Waals surface area contributed by atoms with Gasteiger partial charge < -0.3 is 25.8 Å². The molecule has 3 heterocycles. The van der Waals surface area contributed by atoms with Crippen LogP contribution in [0.5, 0.6) is 0 Å². The average molecular weight is 596 g/mol. The molecule has 4 N–H and O–H groups in total. The number of amides is 2. The maximum atomic E-state index is 13.1. The molecule has 0 radical (unpaired) electrons. The average Bonchev–Trinajstić information content (AvgIpc) is 3.55. The lowest BCUT2D eigenvalue weighted by atomic mass is 10.0. The van der Waals surface area contributed by atoms with Crippen LogP contribution >= 0.6 is 11.6 Å². The Bertz CT molecular complexity index is 1710. The summed E-state index contributed by atoms with van der Waals surface area (Å²) >= 11 is 6.61. The van der Waals surface area contributed by atoms with Gasteiger partial charge in [-0.1, -0.05) is 36.7 Å². The maximum absolute atomic E-state index is 13.1. The normalized spacial score (nSPS) is 16.3. The first kappa shape index (κ1) is 28.7. The minimum Gasteiger partial charge on any atom is -0.355 e. The number of aromatic nitrogens is 2. The number of likely N-dealkylation sites (N-methyl/N-ethyl adjacent to an activating group) is 1. The van der Waals surface area contributed by atoms with Crippen LogP contribution in [-0.2, 0) is 11.3 Å². The van der Waals surface area contributed by atoms with Crippen molar-refractivity contribution in [1.29, 1.82) is 0 Å². The molecule has 43 heavy (non-hydrogen) atoms. The number of imidazole rings is 1. The number of nitrogens with zero attached hydrogens (tertiary/aromatic N) is 3. The topological polar surface area (TPSA) is 105 Å². The van der Waals surface area contributed by atoms with Crippen molar-refractivity contribution >= 4 is 57.8 Å². The summed E-state index contributed by atoms with van der Waals surface area (Å²) < 4.78 is 0. The highest BCUT2D eigenvalue weighted by Crippen LogP contribution is 2.36. The van der Waals surface area contributed by atoms with Gasteiger partial charge >= 0.3 is 0 Å². The summed E-state index contributed by atoms with van der Waals surface area (Å²) in [6.07, 6.45) is 3.41. The Hall–Kier alpha value is -4.44. The van der Waals surface area contributed by atoms with Gasteiger partial charge in [0.1, 0.15) is 0 Å². The third-order valence-corrected chi connectivity index (χ3v) is 8.33. The molecule has 1 saturated heterocycles. The van der Waals surface area contributed by atoms with Crippen molar-refractivity contribution in [3.63, 3.8) is 0 Å². The van der Waals surface area contributed by atoms with Gasteiger partial charge in [0.25, 0.3) is 11.8 Å². The van der Waals surface area contributed by atoms with Gasteiger partial charge in [-0.15, -0.1) is 0 Å². The number of fused-ring (bicyclic) bond motifs is 1. The highest BCUT2D eigenvalue weighted by molar-refractivity contribution is 6.35. The third kappa shape index (κ3) is 6.49. The summed E-state index contributed by atoms with van der Waals surface area (Å²) in [7, 11) is 0. The molecule has 0 spiro atoms. The first-order valence-electron chi connectivity index (χ1n) is 14.5. The fourth-order valence-corrected chi connectivity index (χ4v) is 5.67. The van der Waals surface area contributed by atoms with Crippen LogP contribution in [0.2, 0.25) is 5.02 Å². The number of aromatic amines is 1. The fourth-order valence-electron chi connectivity index (χ4n) is 5.43. The van der Waals surface area contributed by atoms with Gasteiger partial charge in [-0.25, -0.2) is 4.98 Å². The van der Waals surface area contributed by atoms with Gasteiger partial charge in [0.2, 0.25) is 0 Å². The Morgan fingerprint density at radius 3 is 2.51 bits per heavy atom. The molecule has 0 aliphatic carbocycles. The zero-order chi connectivity index (χ0) is 29.9. The van der Waals surface area contributed by atoms with E-state index >= 15 is 0 Å². The summed E-state index contributed by atoms with van der Waals surface area (Å²) in [4.78, 5) is 37.9. The standard InChI is InChI=1S/C33H34ClN7O2/c1-3-40-11-13-41(14-12-40)19-23-8-7-22(15-29(23)34)32(42)38-25-6-4-5-24(16-25)37-26-9-10-27-28(33(43)39-31(27)17-26)18-30-21(2)35-20-36-30/h4-10,15-18,20,37H,3,11-14,19H2,1-2H3,(H,35,36)(H,38,42)(H,39,43). The molecule has 2 amide bonds. The number of rotatable bonds is 8. The minimum absolute atomic E-state index is 0.165. The summed E-state index contributed by atoms with van der Waals surface area (Å²) in [6, 6.07) is 18.7. The van der Waals surface area contributed by atoms with E-state index in [2.05, 4.69) is 42.6 Å². The van der Waals surface area contributed by atoms with Crippen molar-refractivity contribution in [3.05, 3.63) is 100 Å². The molecule has 4 aromatic rings. The monoisotopic (exact) mass is 595 g/mol. The number of anilines is 4. The summed E-state index contributed by atoms with van der Waals surface area (Å²) in [6.45, 7) is 10.1. The Balaban J connectivity index is 1.10. The van der Waals surface area contributed by atoms with Crippen molar-refractivity contribution in [2.75, 3.05) is 48.7 Å². The first-order chi connectivity index (χ1) is 20.9. The molecule has 0 bridgehead atoms. The first-order valence-corrected chi connectivity index (χ1v) is 14.8. The molecule has 1 fully saturated rings. The van der Waals surface area contributed by atoms with Gasteiger partial charge in [-0.2, -0.15) is 0 Å². The molecule has 0 atom stereocenters. The lowest BCUT2D eigenvalue weighted by Crippen LogP contribution is -2.45. The lowest BCUT2D eigenvalue weighted by Gasteiger charge is -2.34. The number of halogens is 1. The molecular weight excluding hydrogens is 562 g/mol. The Morgan fingerprint density at radius 1 is 1.00 bits per heavy atom. The second kappa shape index (κ2) is 12.4. The zero-order valence-electron chi connectivity index (χ0n) is 24.2. The number of hydrogen-bond donors (Lipinski definition) is 4. The van der Waals surface area contributed by atoms with E-state index in [0.717, 1.165) is 78.8 Å². The fraction of sp³-hybridized carbons (Fsp3) is 0.242. The molecule has 1 aromatic heterocycles. The van der Waals surface area contributed by atoms with Crippen molar-refractivity contribution in [2.45, 2.75) is 20.4 Å². The molecular formula is C33H34ClN7O2. The third-order valence-electron chi connectivity index (χ3n) is 7.98. The number of carbonyl (C=O) groups is 2. The van der Waals surface area contributed by atoms with E-state index in [0.29, 0.717) is 21.8 Å². The number of nitrogens with one attached hydrogen (secondary N) is 4. The number of H-pyrrole nitrogens is 1. The van der Waals surface area contributed by atoms with Crippen molar-refractivity contribution in [3.8, 4) is 0 Å². The number of hydrogen-bond acceptors (Lipinski definition) is 6. The van der Waals surface area contributed by atoms with Gasteiger partial charge in [0.15, 0.2) is 0 Å². The van der Waals surface area contributed by atoms with Crippen LogP contribution in [0, 0.1) is 6.92 Å². The van der Waals surface area contributed by atoms with E-state index in [-0.39, 0.29) is 11.8 Å². The zero-order valence-corrected chi connectivity index (χ0v) is 25.0. The van der Waals surface area contributed by atoms with Crippen LogP contribution in [-0.4, -0.2) is 64.3 Å². The van der Waals surface area contributed by atoms with Gasteiger partial charge in [-0.3, -0.25) is 14.5 Å². The minimum atomic E-state index is -0.228. The number of piperazine rings is 1. The van der Waals surface area contributed by atoms with E-state index in [9.17, 15) is 9.59 Å². The Kier molecular flexibility index (Phi) is 8.29. The lowest BCUT2D eigenvalue weighted by molar-refractivity contribution is -0.110. The summed E-state index contributed by atoms with van der Waals surface area (Å²) in [5.41, 5.74) is 7.53. The molecule has 2 aliphatic rings. The number of benzene rings is 3. The van der Waals surface area contributed by atoms with Crippen molar-refractivity contribution in [1.82, 2.24) is 19.8 Å². The van der Waals surface area contributed by atoms with E-state index in [1.54, 1.807) is 18.5 Å². The second-order valence-corrected chi connectivity index (χ2v) is 11.3. The molecule has 6 rings (SSSR count). The van der Waals surface area contributed by atoms with E-state index in [4.69, 9.17) is 11.6 Å². The summed E-state index contributed by atoms with van der Waals surface area (Å²) in [5, 5.41) is 9.88. The van der Waals surface area contributed by atoms with E-state index in [1.165, 1.54) is 0 Å². The van der Waals surface area contributed by atoms with E-state index in [1.807, 2.05) is 61.5 Å². The predicted molar refractivity (Wildman–Crippen MR) is 173 cm³/mol. The SMILES string of the molecule is CCN1CCN(Cc2ccc(C(=O)Nc3cccc(Nc4ccc5c(c4)NC(=O)C5=Cc4nc[nH]c4C)c3)cc2Cl)CC1. The summed E-state index contributed by atoms with van der Waals surface area (Å²) in [5.74, 6) is -0.393. The van der Waals surface area contributed by atoms with Crippen LogP contribution in [0.25, 0.3) is 11.6 Å². The van der Waals surface area contributed by atoms with Crippen LogP contribution in [0.1, 0.15) is 39.8 Å². The molecule has 0 saturated carbocycles. The maximum Gasteiger partial charge on any atom is 0.256 e.